The van der Waals surface area contributed by atoms with Crippen LogP contribution in [0.1, 0.15) is 38.9 Å². The normalized spacial score (nSPS) is 15.8. The summed E-state index contributed by atoms with van der Waals surface area (Å²) in [6, 6.07) is 6.11. The van der Waals surface area contributed by atoms with E-state index in [2.05, 4.69) is 36.6 Å². The van der Waals surface area contributed by atoms with Gasteiger partial charge in [-0.2, -0.15) is 0 Å². The van der Waals surface area contributed by atoms with Crippen molar-refractivity contribution in [1.82, 2.24) is 4.90 Å². The molecular weight excluding hydrogens is 264 g/mol. The van der Waals surface area contributed by atoms with Crippen molar-refractivity contribution in [3.63, 3.8) is 0 Å². The highest BCUT2D eigenvalue weighted by molar-refractivity contribution is 5.61. The summed E-state index contributed by atoms with van der Waals surface area (Å²) in [6.07, 6.45) is 0.342. The average molecular weight is 292 g/mol. The van der Waals surface area contributed by atoms with Gasteiger partial charge in [-0.3, -0.25) is 0 Å². The molecule has 21 heavy (non-hydrogen) atoms. The third-order valence-corrected chi connectivity index (χ3v) is 4.32. The fourth-order valence-electron chi connectivity index (χ4n) is 2.84. The third-order valence-electron chi connectivity index (χ3n) is 4.32. The molecule has 2 rings (SSSR count). The highest BCUT2D eigenvalue weighted by Crippen LogP contribution is 2.34. The van der Waals surface area contributed by atoms with Crippen LogP contribution in [0, 0.1) is 0 Å². The average Bonchev–Trinajstić information content (AvgIpc) is 2.54. The molecule has 1 aromatic rings. The van der Waals surface area contributed by atoms with Crippen LogP contribution in [0.4, 0.5) is 5.69 Å². The summed E-state index contributed by atoms with van der Waals surface area (Å²) in [5, 5.41) is 10.4. The predicted octanol–water partition coefficient (Wildman–Crippen LogP) is 2.67. The second-order valence-electron chi connectivity index (χ2n) is 5.49. The van der Waals surface area contributed by atoms with Crippen LogP contribution in [0.5, 0.6) is 5.75 Å². The number of nitrogens with zero attached hydrogens (tertiary/aromatic N) is 2. The zero-order valence-electron chi connectivity index (χ0n) is 13.5. The number of rotatable bonds is 7. The highest BCUT2D eigenvalue weighted by atomic mass is 16.5. The number of anilines is 1. The van der Waals surface area contributed by atoms with Crippen molar-refractivity contribution < 1.29 is 9.84 Å². The Hall–Kier alpha value is -1.26. The molecule has 0 aromatic heterocycles. The summed E-state index contributed by atoms with van der Waals surface area (Å²) in [5.74, 6) is 0.905. The number of likely N-dealkylation sites (N-methyl/N-ethyl adjacent to an activating group) is 1. The number of aliphatic hydroxyl groups is 1. The molecule has 1 aliphatic rings. The molecule has 0 saturated heterocycles. The van der Waals surface area contributed by atoms with Crippen LogP contribution >= 0.6 is 0 Å². The summed E-state index contributed by atoms with van der Waals surface area (Å²) < 4.78 is 5.75. The van der Waals surface area contributed by atoms with E-state index in [9.17, 15) is 5.11 Å². The molecule has 4 heteroatoms. The summed E-state index contributed by atoms with van der Waals surface area (Å²) in [5.41, 5.74) is 2.10. The van der Waals surface area contributed by atoms with Crippen LogP contribution in [-0.4, -0.2) is 49.3 Å². The van der Waals surface area contributed by atoms with Gasteiger partial charge < -0.3 is 19.6 Å². The van der Waals surface area contributed by atoms with Crippen molar-refractivity contribution in [1.29, 1.82) is 0 Å². The molecular formula is C17H28N2O2. The molecule has 1 atom stereocenters. The Labute approximate surface area is 128 Å². The maximum absolute atomic E-state index is 10.4. The molecule has 118 valence electrons. The van der Waals surface area contributed by atoms with Crippen molar-refractivity contribution in [3.8, 4) is 5.75 Å². The van der Waals surface area contributed by atoms with Crippen molar-refractivity contribution in [2.75, 3.05) is 44.2 Å². The Balaban J connectivity index is 2.04. The van der Waals surface area contributed by atoms with Gasteiger partial charge in [0.05, 0.1) is 18.3 Å². The Morgan fingerprint density at radius 3 is 2.71 bits per heavy atom. The number of fused-ring (bicyclic) bond motifs is 1. The zero-order valence-corrected chi connectivity index (χ0v) is 13.5. The molecule has 0 fully saturated rings. The Bertz CT molecular complexity index is 446. The molecule has 0 saturated carbocycles. The van der Waals surface area contributed by atoms with Crippen molar-refractivity contribution in [2.24, 2.45) is 0 Å². The summed E-state index contributed by atoms with van der Waals surface area (Å²) >= 11 is 0. The SMILES string of the molecule is CCN(CC)CCC(O)c1ccc2c(c1)OCCN2CC. The quantitative estimate of drug-likeness (QED) is 0.838. The number of benzene rings is 1. The van der Waals surface area contributed by atoms with Crippen LogP contribution in [0.25, 0.3) is 0 Å². The predicted molar refractivity (Wildman–Crippen MR) is 87.2 cm³/mol. The van der Waals surface area contributed by atoms with Crippen molar-refractivity contribution in [3.05, 3.63) is 23.8 Å². The molecule has 0 bridgehead atoms. The smallest absolute Gasteiger partial charge is 0.143 e. The number of aliphatic hydroxyl groups excluding tert-OH is 1. The first kappa shape index (κ1) is 16.1. The van der Waals surface area contributed by atoms with Crippen LogP contribution < -0.4 is 9.64 Å². The van der Waals surface area contributed by atoms with Gasteiger partial charge in [-0.15, -0.1) is 0 Å². The van der Waals surface area contributed by atoms with Gasteiger partial charge in [0.2, 0.25) is 0 Å². The summed E-state index contributed by atoms with van der Waals surface area (Å²) in [4.78, 5) is 4.64. The lowest BCUT2D eigenvalue weighted by Gasteiger charge is -2.31. The van der Waals surface area contributed by atoms with Gasteiger partial charge in [0, 0.05) is 13.1 Å². The molecule has 0 spiro atoms. The standard InChI is InChI=1S/C17H28N2O2/c1-4-18(5-2)10-9-16(20)14-7-8-15-17(13-14)21-12-11-19(15)6-3/h7-8,13,16,20H,4-6,9-12H2,1-3H3. The van der Waals surface area contributed by atoms with Gasteiger partial charge in [-0.05, 0) is 44.1 Å². The second kappa shape index (κ2) is 7.66. The van der Waals surface area contributed by atoms with Crippen LogP contribution in [0.15, 0.2) is 18.2 Å². The van der Waals surface area contributed by atoms with E-state index in [-0.39, 0.29) is 0 Å². The monoisotopic (exact) mass is 292 g/mol. The molecule has 1 unspecified atom stereocenters. The maximum Gasteiger partial charge on any atom is 0.143 e. The van der Waals surface area contributed by atoms with Gasteiger partial charge in [-0.1, -0.05) is 19.9 Å². The van der Waals surface area contributed by atoms with E-state index >= 15 is 0 Å². The molecule has 1 aliphatic heterocycles. The molecule has 1 heterocycles. The Morgan fingerprint density at radius 2 is 2.05 bits per heavy atom. The zero-order chi connectivity index (χ0) is 15.2. The Morgan fingerprint density at radius 1 is 1.29 bits per heavy atom. The lowest BCUT2D eigenvalue weighted by molar-refractivity contribution is 0.145. The molecule has 4 nitrogen and oxygen atoms in total. The summed E-state index contributed by atoms with van der Waals surface area (Å²) in [7, 11) is 0. The van der Waals surface area contributed by atoms with E-state index in [1.807, 2.05) is 12.1 Å². The molecule has 0 radical (unpaired) electrons. The minimum Gasteiger partial charge on any atom is -0.490 e. The number of hydrogen-bond acceptors (Lipinski definition) is 4. The highest BCUT2D eigenvalue weighted by Gasteiger charge is 2.19. The van der Waals surface area contributed by atoms with Crippen LogP contribution in [-0.2, 0) is 0 Å². The molecule has 1 N–H and O–H groups in total. The van der Waals surface area contributed by atoms with Gasteiger partial charge in [0.15, 0.2) is 0 Å². The van der Waals surface area contributed by atoms with E-state index in [1.54, 1.807) is 0 Å². The first-order chi connectivity index (χ1) is 10.2. The van der Waals surface area contributed by atoms with E-state index in [0.29, 0.717) is 0 Å². The summed E-state index contributed by atoms with van der Waals surface area (Å²) in [6.45, 7) is 12.1. The fourth-order valence-corrected chi connectivity index (χ4v) is 2.84. The number of ether oxygens (including phenoxy) is 1. The Kier molecular flexibility index (Phi) is 5.88. The van der Waals surface area contributed by atoms with Crippen LogP contribution in [0.3, 0.4) is 0 Å². The van der Waals surface area contributed by atoms with E-state index in [4.69, 9.17) is 4.74 Å². The van der Waals surface area contributed by atoms with E-state index in [1.165, 1.54) is 0 Å². The second-order valence-corrected chi connectivity index (χ2v) is 5.49. The van der Waals surface area contributed by atoms with Gasteiger partial charge in [-0.25, -0.2) is 0 Å². The topological polar surface area (TPSA) is 35.9 Å². The van der Waals surface area contributed by atoms with Crippen molar-refractivity contribution >= 4 is 5.69 Å². The number of hydrogen-bond donors (Lipinski definition) is 1. The fraction of sp³-hybridized carbons (Fsp3) is 0.647. The minimum atomic E-state index is -0.420. The van der Waals surface area contributed by atoms with Gasteiger partial charge in [0.1, 0.15) is 12.4 Å². The molecule has 1 aromatic carbocycles. The largest absolute Gasteiger partial charge is 0.490 e. The maximum atomic E-state index is 10.4. The van der Waals surface area contributed by atoms with Crippen LogP contribution in [0.2, 0.25) is 0 Å². The molecule has 0 amide bonds. The lowest BCUT2D eigenvalue weighted by Crippen LogP contribution is -2.32. The minimum absolute atomic E-state index is 0.420. The lowest BCUT2D eigenvalue weighted by atomic mass is 10.0. The van der Waals surface area contributed by atoms with Gasteiger partial charge >= 0.3 is 0 Å². The molecule has 0 aliphatic carbocycles. The van der Waals surface area contributed by atoms with Crippen molar-refractivity contribution in [2.45, 2.75) is 33.3 Å². The van der Waals surface area contributed by atoms with Gasteiger partial charge in [0.25, 0.3) is 0 Å². The first-order valence-electron chi connectivity index (χ1n) is 8.11. The van der Waals surface area contributed by atoms with E-state index in [0.717, 1.165) is 62.8 Å². The first-order valence-corrected chi connectivity index (χ1v) is 8.11. The van der Waals surface area contributed by atoms with E-state index < -0.39 is 6.10 Å². The third kappa shape index (κ3) is 3.89.